The van der Waals surface area contributed by atoms with Crippen molar-refractivity contribution in [1.82, 2.24) is 19.6 Å². The highest BCUT2D eigenvalue weighted by Crippen LogP contribution is 2.17. The first-order valence-electron chi connectivity index (χ1n) is 5.86. The number of anilines is 1. The van der Waals surface area contributed by atoms with Crippen molar-refractivity contribution < 1.29 is 0 Å². The lowest BCUT2D eigenvalue weighted by atomic mass is 10.1. The molecular weight excluding hydrogens is 230 g/mol. The third kappa shape index (κ3) is 2.24. The maximum atomic E-state index is 7.46. The van der Waals surface area contributed by atoms with Crippen LogP contribution in [0, 0.1) is 11.3 Å². The van der Waals surface area contributed by atoms with Crippen LogP contribution < -0.4 is 10.6 Å². The van der Waals surface area contributed by atoms with Crippen molar-refractivity contribution in [2.75, 3.05) is 18.0 Å². The summed E-state index contributed by atoms with van der Waals surface area (Å²) in [4.78, 5) is 6.41. The Morgan fingerprint density at radius 3 is 3.06 bits per heavy atom. The number of rotatable bonds is 5. The Morgan fingerprint density at radius 2 is 2.39 bits per heavy atom. The molecular formula is C11H17N7. The molecule has 96 valence electrons. The lowest BCUT2D eigenvalue weighted by molar-refractivity contribution is 0.690. The fourth-order valence-corrected chi connectivity index (χ4v) is 1.76. The van der Waals surface area contributed by atoms with Crippen molar-refractivity contribution >= 4 is 17.3 Å². The maximum Gasteiger partial charge on any atom is 0.203 e. The van der Waals surface area contributed by atoms with Gasteiger partial charge in [0.05, 0.1) is 5.84 Å². The molecule has 0 bridgehead atoms. The molecule has 2 heterocycles. The van der Waals surface area contributed by atoms with Gasteiger partial charge in [-0.05, 0) is 6.92 Å². The van der Waals surface area contributed by atoms with Gasteiger partial charge >= 0.3 is 0 Å². The first-order chi connectivity index (χ1) is 8.63. The van der Waals surface area contributed by atoms with Gasteiger partial charge in [0.1, 0.15) is 6.33 Å². The molecule has 2 aromatic heterocycles. The van der Waals surface area contributed by atoms with E-state index in [0.717, 1.165) is 18.0 Å². The van der Waals surface area contributed by atoms with Gasteiger partial charge in [0.2, 0.25) is 5.65 Å². The highest BCUT2D eigenvalue weighted by Gasteiger charge is 2.16. The van der Waals surface area contributed by atoms with E-state index in [4.69, 9.17) is 11.1 Å². The summed E-state index contributed by atoms with van der Waals surface area (Å²) < 4.78 is 1.82. The van der Waals surface area contributed by atoms with Crippen molar-refractivity contribution in [3.05, 3.63) is 18.7 Å². The third-order valence-corrected chi connectivity index (χ3v) is 2.90. The van der Waals surface area contributed by atoms with Crippen LogP contribution in [0.15, 0.2) is 18.7 Å². The lowest BCUT2D eigenvalue weighted by Crippen LogP contribution is -2.35. The first-order valence-corrected chi connectivity index (χ1v) is 5.86. The van der Waals surface area contributed by atoms with E-state index in [2.05, 4.69) is 20.1 Å². The quantitative estimate of drug-likeness (QED) is 0.593. The average Bonchev–Trinajstić information content (AvgIpc) is 2.83. The number of aromatic nitrogens is 4. The number of amidine groups is 1. The van der Waals surface area contributed by atoms with Crippen molar-refractivity contribution in [3.63, 3.8) is 0 Å². The molecule has 2 aromatic rings. The highest BCUT2D eigenvalue weighted by atomic mass is 15.3. The minimum atomic E-state index is -0.0186. The van der Waals surface area contributed by atoms with E-state index in [1.807, 2.05) is 18.2 Å². The number of hydrogen-bond donors (Lipinski definition) is 2. The van der Waals surface area contributed by atoms with Gasteiger partial charge in [-0.25, -0.2) is 4.98 Å². The molecule has 1 atom stereocenters. The predicted molar refractivity (Wildman–Crippen MR) is 69.7 cm³/mol. The number of nitrogens with two attached hydrogens (primary N) is 1. The molecule has 7 nitrogen and oxygen atoms in total. The van der Waals surface area contributed by atoms with Gasteiger partial charge in [-0.2, -0.15) is 0 Å². The van der Waals surface area contributed by atoms with E-state index in [0.29, 0.717) is 6.54 Å². The molecule has 0 amide bonds. The fourth-order valence-electron chi connectivity index (χ4n) is 1.76. The van der Waals surface area contributed by atoms with E-state index in [9.17, 15) is 0 Å². The van der Waals surface area contributed by atoms with E-state index in [1.165, 1.54) is 0 Å². The molecule has 0 aromatic carbocycles. The summed E-state index contributed by atoms with van der Waals surface area (Å²) in [5, 5.41) is 15.4. The van der Waals surface area contributed by atoms with Gasteiger partial charge in [-0.15, -0.1) is 10.2 Å². The molecule has 0 aliphatic rings. The Labute approximate surface area is 105 Å². The zero-order valence-electron chi connectivity index (χ0n) is 10.5. The molecule has 1 unspecified atom stereocenters. The van der Waals surface area contributed by atoms with Crippen molar-refractivity contribution in [1.29, 1.82) is 5.41 Å². The Kier molecular flexibility index (Phi) is 3.40. The smallest absolute Gasteiger partial charge is 0.203 e. The normalized spacial score (nSPS) is 12.6. The van der Waals surface area contributed by atoms with Gasteiger partial charge < -0.3 is 10.6 Å². The molecule has 0 saturated carbocycles. The van der Waals surface area contributed by atoms with Crippen LogP contribution >= 0.6 is 0 Å². The number of hydrogen-bond acceptors (Lipinski definition) is 5. The van der Waals surface area contributed by atoms with Crippen LogP contribution in [-0.4, -0.2) is 38.5 Å². The molecule has 0 saturated heterocycles. The third-order valence-electron chi connectivity index (χ3n) is 2.90. The average molecular weight is 247 g/mol. The van der Waals surface area contributed by atoms with E-state index < -0.39 is 0 Å². The van der Waals surface area contributed by atoms with Crippen molar-refractivity contribution in [2.24, 2.45) is 11.7 Å². The first kappa shape index (κ1) is 12.3. The Balaban J connectivity index is 2.32. The van der Waals surface area contributed by atoms with Gasteiger partial charge in [0, 0.05) is 31.4 Å². The van der Waals surface area contributed by atoms with Crippen LogP contribution in [0.1, 0.15) is 13.8 Å². The summed E-state index contributed by atoms with van der Waals surface area (Å²) in [7, 11) is 0. The molecule has 2 rings (SSSR count). The Bertz CT molecular complexity index is 547. The molecule has 0 aliphatic heterocycles. The zero-order chi connectivity index (χ0) is 13.1. The van der Waals surface area contributed by atoms with Crippen LogP contribution in [0.3, 0.4) is 0 Å². The summed E-state index contributed by atoms with van der Waals surface area (Å²) in [6.45, 7) is 5.38. The van der Waals surface area contributed by atoms with Crippen LogP contribution in [0.25, 0.3) is 5.65 Å². The topological polar surface area (TPSA) is 96.2 Å². The van der Waals surface area contributed by atoms with Gasteiger partial charge in [-0.1, -0.05) is 6.92 Å². The van der Waals surface area contributed by atoms with Crippen LogP contribution in [0.2, 0.25) is 0 Å². The molecule has 0 aliphatic carbocycles. The largest absolute Gasteiger partial charge is 0.387 e. The molecule has 0 fully saturated rings. The Morgan fingerprint density at radius 1 is 1.61 bits per heavy atom. The van der Waals surface area contributed by atoms with Crippen LogP contribution in [0.5, 0.6) is 0 Å². The van der Waals surface area contributed by atoms with Gasteiger partial charge in [-0.3, -0.25) is 9.81 Å². The van der Waals surface area contributed by atoms with Gasteiger partial charge in [0.25, 0.3) is 0 Å². The monoisotopic (exact) mass is 247 g/mol. The minimum absolute atomic E-state index is 0.0186. The fraction of sp³-hybridized carbons (Fsp3) is 0.455. The second kappa shape index (κ2) is 4.99. The number of nitrogens with one attached hydrogen (secondary N) is 1. The van der Waals surface area contributed by atoms with E-state index in [-0.39, 0.29) is 11.8 Å². The molecule has 0 spiro atoms. The molecule has 3 N–H and O–H groups in total. The number of nitrogens with zero attached hydrogens (tertiary/aromatic N) is 5. The Hall–Kier alpha value is -2.18. The predicted octanol–water partition coefficient (Wildman–Crippen LogP) is 0.523. The number of fused-ring (bicyclic) bond motifs is 1. The maximum absolute atomic E-state index is 7.46. The van der Waals surface area contributed by atoms with Crippen molar-refractivity contribution in [3.8, 4) is 0 Å². The summed E-state index contributed by atoms with van der Waals surface area (Å²) in [6, 6.07) is 0. The standard InChI is InChI=1S/C11H17N7/c1-3-17(6-8(2)9(12)13)10-11-16-15-7-18(11)5-4-14-10/h4-5,7-8H,3,6H2,1-2H3,(H3,12,13). The van der Waals surface area contributed by atoms with Crippen LogP contribution in [-0.2, 0) is 0 Å². The van der Waals surface area contributed by atoms with E-state index >= 15 is 0 Å². The molecule has 0 radical (unpaired) electrons. The second-order valence-electron chi connectivity index (χ2n) is 4.21. The lowest BCUT2D eigenvalue weighted by Gasteiger charge is -2.24. The minimum Gasteiger partial charge on any atom is -0.387 e. The van der Waals surface area contributed by atoms with Crippen molar-refractivity contribution in [2.45, 2.75) is 13.8 Å². The summed E-state index contributed by atoms with van der Waals surface area (Å²) in [5.41, 5.74) is 6.23. The zero-order valence-corrected chi connectivity index (χ0v) is 10.5. The van der Waals surface area contributed by atoms with Crippen LogP contribution in [0.4, 0.5) is 5.82 Å². The van der Waals surface area contributed by atoms with Gasteiger partial charge in [0.15, 0.2) is 5.82 Å². The second-order valence-corrected chi connectivity index (χ2v) is 4.21. The van der Waals surface area contributed by atoms with E-state index in [1.54, 1.807) is 18.7 Å². The summed E-state index contributed by atoms with van der Waals surface area (Å²) >= 11 is 0. The summed E-state index contributed by atoms with van der Waals surface area (Å²) in [6.07, 6.45) is 5.16. The summed E-state index contributed by atoms with van der Waals surface area (Å²) in [5.74, 6) is 0.933. The SMILES string of the molecule is CCN(CC(C)C(=N)N)c1nccn2cnnc12. The molecule has 18 heavy (non-hydrogen) atoms. The molecule has 7 heteroatoms. The highest BCUT2D eigenvalue weighted by molar-refractivity contribution is 5.80.